The van der Waals surface area contributed by atoms with Gasteiger partial charge >= 0.3 is 0 Å². The van der Waals surface area contributed by atoms with E-state index in [2.05, 4.69) is 4.90 Å². The molecule has 0 N–H and O–H groups in total. The summed E-state index contributed by atoms with van der Waals surface area (Å²) in [5.74, 6) is 0.0580. The lowest BCUT2D eigenvalue weighted by molar-refractivity contribution is -0.128. The number of halogens is 1. The molecule has 6 nitrogen and oxygen atoms in total. The van der Waals surface area contributed by atoms with Crippen molar-refractivity contribution >= 4 is 44.9 Å². The summed E-state index contributed by atoms with van der Waals surface area (Å²) < 4.78 is 14.7. The quantitative estimate of drug-likeness (QED) is 0.444. The van der Waals surface area contributed by atoms with Gasteiger partial charge in [0.2, 0.25) is 5.91 Å². The van der Waals surface area contributed by atoms with E-state index in [4.69, 9.17) is 4.98 Å². The molecule has 0 spiro atoms. The van der Waals surface area contributed by atoms with Crippen molar-refractivity contribution in [3.05, 3.63) is 50.9 Å². The van der Waals surface area contributed by atoms with Crippen LogP contribution in [0.2, 0.25) is 0 Å². The highest BCUT2D eigenvalue weighted by Crippen LogP contribution is 2.35. The standard InChI is InChI=1S/C22H23FN4O2S2/c1-25-21(29)19-16-3-2-4-17(16)31-20(19)24-22(25)30-13-18(28)27-11-9-26(10-12-27)15-7-5-14(23)6-8-15/h5-8H,2-4,9-13H2,1H3. The fourth-order valence-electron chi connectivity index (χ4n) is 4.32. The molecule has 162 valence electrons. The molecule has 9 heteroatoms. The van der Waals surface area contributed by atoms with Gasteiger partial charge in [0.15, 0.2) is 5.16 Å². The minimum Gasteiger partial charge on any atom is -0.368 e. The molecular formula is C22H23FN4O2S2. The number of hydrogen-bond acceptors (Lipinski definition) is 6. The fourth-order valence-corrected chi connectivity index (χ4v) is 6.50. The predicted octanol–water partition coefficient (Wildman–Crippen LogP) is 3.06. The van der Waals surface area contributed by atoms with E-state index in [0.29, 0.717) is 31.3 Å². The lowest BCUT2D eigenvalue weighted by Crippen LogP contribution is -2.49. The van der Waals surface area contributed by atoms with Crippen LogP contribution in [0.15, 0.2) is 34.2 Å². The van der Waals surface area contributed by atoms with Gasteiger partial charge in [-0.05, 0) is 49.1 Å². The molecule has 1 aromatic carbocycles. The summed E-state index contributed by atoms with van der Waals surface area (Å²) in [4.78, 5) is 36.5. The third-order valence-corrected chi connectivity index (χ3v) is 8.25. The zero-order valence-corrected chi connectivity index (χ0v) is 18.9. The molecule has 1 aliphatic heterocycles. The van der Waals surface area contributed by atoms with Crippen LogP contribution < -0.4 is 10.5 Å². The Morgan fingerprint density at radius 3 is 2.65 bits per heavy atom. The van der Waals surface area contributed by atoms with E-state index in [0.717, 1.165) is 35.2 Å². The van der Waals surface area contributed by atoms with Crippen LogP contribution in [0.3, 0.4) is 0 Å². The van der Waals surface area contributed by atoms with Crippen molar-refractivity contribution < 1.29 is 9.18 Å². The maximum atomic E-state index is 13.1. The lowest BCUT2D eigenvalue weighted by atomic mass is 10.2. The highest BCUT2D eigenvalue weighted by Gasteiger charge is 2.24. The van der Waals surface area contributed by atoms with Crippen LogP contribution in [0.4, 0.5) is 10.1 Å². The number of benzene rings is 1. The second kappa shape index (κ2) is 8.27. The van der Waals surface area contributed by atoms with Crippen molar-refractivity contribution in [1.82, 2.24) is 14.5 Å². The van der Waals surface area contributed by atoms with Crippen molar-refractivity contribution in [3.63, 3.8) is 0 Å². The minimum atomic E-state index is -0.247. The predicted molar refractivity (Wildman–Crippen MR) is 123 cm³/mol. The molecule has 3 heterocycles. The number of rotatable bonds is 4. The molecule has 0 bridgehead atoms. The average Bonchev–Trinajstić information content (AvgIpc) is 3.36. The van der Waals surface area contributed by atoms with Crippen LogP contribution in [0.5, 0.6) is 0 Å². The second-order valence-corrected chi connectivity index (χ2v) is 9.96. The molecule has 5 rings (SSSR count). The Bertz CT molecular complexity index is 1200. The molecule has 1 fully saturated rings. The van der Waals surface area contributed by atoms with Crippen LogP contribution in [-0.2, 0) is 24.7 Å². The number of anilines is 1. The van der Waals surface area contributed by atoms with Gasteiger partial charge in [0.25, 0.3) is 5.56 Å². The maximum absolute atomic E-state index is 13.1. The second-order valence-electron chi connectivity index (χ2n) is 7.93. The largest absolute Gasteiger partial charge is 0.368 e. The number of hydrogen-bond donors (Lipinski definition) is 0. The number of nitrogens with zero attached hydrogens (tertiary/aromatic N) is 4. The van der Waals surface area contributed by atoms with E-state index in [9.17, 15) is 14.0 Å². The van der Waals surface area contributed by atoms with E-state index in [-0.39, 0.29) is 23.0 Å². The van der Waals surface area contributed by atoms with E-state index >= 15 is 0 Å². The molecule has 3 aromatic rings. The van der Waals surface area contributed by atoms with Gasteiger partial charge < -0.3 is 9.80 Å². The van der Waals surface area contributed by atoms with Crippen LogP contribution in [0.25, 0.3) is 10.2 Å². The topological polar surface area (TPSA) is 58.4 Å². The molecule has 1 aliphatic carbocycles. The molecule has 1 saturated heterocycles. The number of aryl methyl sites for hydroxylation is 2. The van der Waals surface area contributed by atoms with Crippen molar-refractivity contribution in [2.24, 2.45) is 7.05 Å². The van der Waals surface area contributed by atoms with Crippen molar-refractivity contribution in [3.8, 4) is 0 Å². The summed E-state index contributed by atoms with van der Waals surface area (Å²) in [7, 11) is 1.74. The summed E-state index contributed by atoms with van der Waals surface area (Å²) in [6.07, 6.45) is 3.10. The first kappa shape index (κ1) is 20.5. The number of thioether (sulfide) groups is 1. The number of amides is 1. The molecule has 0 saturated carbocycles. The molecule has 0 radical (unpaired) electrons. The Kier molecular flexibility index (Phi) is 5.47. The van der Waals surface area contributed by atoms with Crippen LogP contribution in [0.1, 0.15) is 16.9 Å². The molecule has 0 atom stereocenters. The van der Waals surface area contributed by atoms with Crippen molar-refractivity contribution in [1.29, 1.82) is 0 Å². The van der Waals surface area contributed by atoms with Gasteiger partial charge in [-0.2, -0.15) is 0 Å². The Balaban J connectivity index is 1.23. The van der Waals surface area contributed by atoms with E-state index < -0.39 is 0 Å². The van der Waals surface area contributed by atoms with Crippen molar-refractivity contribution in [2.75, 3.05) is 36.8 Å². The zero-order valence-electron chi connectivity index (χ0n) is 17.3. The average molecular weight is 459 g/mol. The smallest absolute Gasteiger partial charge is 0.262 e. The van der Waals surface area contributed by atoms with Crippen LogP contribution in [0, 0.1) is 5.82 Å². The Hall–Kier alpha value is -2.39. The highest BCUT2D eigenvalue weighted by molar-refractivity contribution is 7.99. The summed E-state index contributed by atoms with van der Waals surface area (Å²) in [6.45, 7) is 2.68. The van der Waals surface area contributed by atoms with Gasteiger partial charge in [-0.25, -0.2) is 9.37 Å². The number of fused-ring (bicyclic) bond motifs is 3. The van der Waals surface area contributed by atoms with Gasteiger partial charge in [0, 0.05) is 43.8 Å². The zero-order chi connectivity index (χ0) is 21.5. The minimum absolute atomic E-state index is 0.00717. The van der Waals surface area contributed by atoms with E-state index in [1.54, 1.807) is 35.1 Å². The molecule has 2 aromatic heterocycles. The first-order valence-electron chi connectivity index (χ1n) is 10.4. The summed E-state index contributed by atoms with van der Waals surface area (Å²) in [5, 5.41) is 1.36. The number of carbonyl (C=O) groups is 1. The Morgan fingerprint density at radius 1 is 1.16 bits per heavy atom. The van der Waals surface area contributed by atoms with Gasteiger partial charge in [-0.3, -0.25) is 14.2 Å². The highest BCUT2D eigenvalue weighted by atomic mass is 32.2. The molecule has 1 amide bonds. The van der Waals surface area contributed by atoms with Gasteiger partial charge in [-0.1, -0.05) is 11.8 Å². The Labute approximate surface area is 187 Å². The van der Waals surface area contributed by atoms with E-state index in [1.165, 1.54) is 34.3 Å². The molecule has 0 unspecified atom stereocenters. The third kappa shape index (κ3) is 3.85. The summed E-state index contributed by atoms with van der Waals surface area (Å²) in [6, 6.07) is 6.45. The summed E-state index contributed by atoms with van der Waals surface area (Å²) >= 11 is 2.95. The van der Waals surface area contributed by atoms with Gasteiger partial charge in [0.1, 0.15) is 10.6 Å². The normalized spacial score (nSPS) is 16.2. The number of piperazine rings is 1. The molecule has 31 heavy (non-hydrogen) atoms. The van der Waals surface area contributed by atoms with Gasteiger partial charge in [0.05, 0.1) is 11.1 Å². The monoisotopic (exact) mass is 458 g/mol. The van der Waals surface area contributed by atoms with E-state index in [1.807, 2.05) is 4.90 Å². The summed E-state index contributed by atoms with van der Waals surface area (Å²) in [5.41, 5.74) is 2.14. The lowest BCUT2D eigenvalue weighted by Gasteiger charge is -2.36. The first-order valence-corrected chi connectivity index (χ1v) is 12.2. The number of thiophene rings is 1. The molecule has 2 aliphatic rings. The third-order valence-electron chi connectivity index (χ3n) is 6.05. The molecular weight excluding hydrogens is 435 g/mol. The fraction of sp³-hybridized carbons (Fsp3) is 0.409. The van der Waals surface area contributed by atoms with Crippen molar-refractivity contribution in [2.45, 2.75) is 24.4 Å². The number of carbonyl (C=O) groups excluding carboxylic acids is 1. The number of aromatic nitrogens is 2. The van der Waals surface area contributed by atoms with Crippen LogP contribution in [-0.4, -0.2) is 52.3 Å². The van der Waals surface area contributed by atoms with Gasteiger partial charge in [-0.15, -0.1) is 11.3 Å². The first-order chi connectivity index (χ1) is 15.0. The SMILES string of the molecule is Cn1c(SCC(=O)N2CCN(c3ccc(F)cc3)CC2)nc2sc3c(c2c1=O)CCC3. The maximum Gasteiger partial charge on any atom is 0.262 e. The van der Waals surface area contributed by atoms with Crippen LogP contribution >= 0.6 is 23.1 Å². The Morgan fingerprint density at radius 2 is 1.90 bits per heavy atom.